The van der Waals surface area contributed by atoms with Gasteiger partial charge in [-0.1, -0.05) is 0 Å². The van der Waals surface area contributed by atoms with Gasteiger partial charge < -0.3 is 16.6 Å². The van der Waals surface area contributed by atoms with E-state index in [4.69, 9.17) is 16.6 Å². The fourth-order valence-electron chi connectivity index (χ4n) is 0.624. The van der Waals surface area contributed by atoms with Crippen molar-refractivity contribution >= 4 is 5.91 Å². The van der Waals surface area contributed by atoms with E-state index in [1.807, 2.05) is 0 Å². The molecule has 1 unspecified atom stereocenters. The van der Waals surface area contributed by atoms with Crippen molar-refractivity contribution in [2.75, 3.05) is 6.54 Å². The topological polar surface area (TPSA) is 89.3 Å². The van der Waals surface area contributed by atoms with Gasteiger partial charge in [0.05, 0.1) is 0 Å². The van der Waals surface area contributed by atoms with Crippen molar-refractivity contribution in [1.29, 1.82) is 0 Å². The Morgan fingerprint density at radius 3 is 2.50 bits per heavy atom. The number of carbonyl (C=O) groups excluding carboxylic acids is 1. The molecule has 0 aliphatic heterocycles. The molecule has 4 nitrogen and oxygen atoms in total. The lowest BCUT2D eigenvalue weighted by atomic mass is 10.1. The Kier molecular flexibility index (Phi) is 4.88. The SMILES string of the molecule is NCCCCC(O)C(N)=O. The molecule has 1 amide bonds. The number of hydrogen-bond acceptors (Lipinski definition) is 3. The summed E-state index contributed by atoms with van der Waals surface area (Å²) in [6, 6.07) is 0. The highest BCUT2D eigenvalue weighted by atomic mass is 16.3. The van der Waals surface area contributed by atoms with Crippen LogP contribution in [0.1, 0.15) is 19.3 Å². The van der Waals surface area contributed by atoms with Gasteiger partial charge in [-0.2, -0.15) is 0 Å². The Bertz CT molecular complexity index is 106. The van der Waals surface area contributed by atoms with Crippen LogP contribution in [-0.2, 0) is 4.79 Å². The van der Waals surface area contributed by atoms with Crippen LogP contribution in [0, 0.1) is 0 Å². The lowest BCUT2D eigenvalue weighted by molar-refractivity contribution is -0.126. The lowest BCUT2D eigenvalue weighted by Gasteiger charge is -2.03. The van der Waals surface area contributed by atoms with Crippen LogP contribution in [0.5, 0.6) is 0 Å². The van der Waals surface area contributed by atoms with Crippen LogP contribution in [-0.4, -0.2) is 23.7 Å². The van der Waals surface area contributed by atoms with Gasteiger partial charge in [0.2, 0.25) is 5.91 Å². The molecule has 0 saturated carbocycles. The largest absolute Gasteiger partial charge is 0.383 e. The number of nitrogens with two attached hydrogens (primary N) is 2. The minimum atomic E-state index is -0.994. The Labute approximate surface area is 60.2 Å². The van der Waals surface area contributed by atoms with Crippen molar-refractivity contribution in [2.45, 2.75) is 25.4 Å². The quantitative estimate of drug-likeness (QED) is 0.433. The van der Waals surface area contributed by atoms with E-state index in [-0.39, 0.29) is 0 Å². The van der Waals surface area contributed by atoms with E-state index in [0.717, 1.165) is 12.8 Å². The number of rotatable bonds is 5. The van der Waals surface area contributed by atoms with Gasteiger partial charge in [0.15, 0.2) is 0 Å². The normalized spacial score (nSPS) is 13.0. The van der Waals surface area contributed by atoms with Crippen molar-refractivity contribution < 1.29 is 9.90 Å². The zero-order chi connectivity index (χ0) is 7.98. The minimum Gasteiger partial charge on any atom is -0.383 e. The summed E-state index contributed by atoms with van der Waals surface area (Å²) >= 11 is 0. The molecule has 10 heavy (non-hydrogen) atoms. The Morgan fingerprint density at radius 2 is 2.10 bits per heavy atom. The number of aliphatic hydroxyl groups is 1. The van der Waals surface area contributed by atoms with Crippen LogP contribution in [0.2, 0.25) is 0 Å². The molecule has 0 saturated heterocycles. The number of unbranched alkanes of at least 4 members (excludes halogenated alkanes) is 1. The van der Waals surface area contributed by atoms with Gasteiger partial charge in [0, 0.05) is 0 Å². The second-order valence-electron chi connectivity index (χ2n) is 2.20. The third kappa shape index (κ3) is 4.29. The molecule has 1 atom stereocenters. The summed E-state index contributed by atoms with van der Waals surface area (Å²) in [6.45, 7) is 0.589. The molecule has 0 aromatic carbocycles. The van der Waals surface area contributed by atoms with Crippen molar-refractivity contribution in [3.63, 3.8) is 0 Å². The summed E-state index contributed by atoms with van der Waals surface area (Å²) in [5.41, 5.74) is 9.99. The smallest absolute Gasteiger partial charge is 0.246 e. The zero-order valence-electron chi connectivity index (χ0n) is 5.92. The number of primary amides is 1. The van der Waals surface area contributed by atoms with E-state index in [0.29, 0.717) is 13.0 Å². The molecular formula is C6H14N2O2. The predicted molar refractivity (Wildman–Crippen MR) is 38.1 cm³/mol. The monoisotopic (exact) mass is 146 g/mol. The van der Waals surface area contributed by atoms with E-state index >= 15 is 0 Å². The number of amides is 1. The van der Waals surface area contributed by atoms with Crippen molar-refractivity contribution in [3.8, 4) is 0 Å². The van der Waals surface area contributed by atoms with Crippen LogP contribution in [0.3, 0.4) is 0 Å². The first-order chi connectivity index (χ1) is 4.68. The molecule has 0 radical (unpaired) electrons. The van der Waals surface area contributed by atoms with E-state index in [1.54, 1.807) is 0 Å². The Hall–Kier alpha value is -0.610. The standard InChI is InChI=1S/C6H14N2O2/c7-4-2-1-3-5(9)6(8)10/h5,9H,1-4,7H2,(H2,8,10). The number of carbonyl (C=O) groups is 1. The van der Waals surface area contributed by atoms with Crippen LogP contribution >= 0.6 is 0 Å². The second kappa shape index (κ2) is 5.20. The van der Waals surface area contributed by atoms with Crippen LogP contribution in [0.4, 0.5) is 0 Å². The maximum Gasteiger partial charge on any atom is 0.246 e. The van der Waals surface area contributed by atoms with Gasteiger partial charge >= 0.3 is 0 Å². The average Bonchev–Trinajstić information content (AvgIpc) is 1.88. The van der Waals surface area contributed by atoms with Crippen molar-refractivity contribution in [1.82, 2.24) is 0 Å². The molecule has 60 valence electrons. The van der Waals surface area contributed by atoms with Crippen molar-refractivity contribution in [2.24, 2.45) is 11.5 Å². The molecule has 0 spiro atoms. The molecule has 0 heterocycles. The van der Waals surface area contributed by atoms with E-state index in [9.17, 15) is 4.79 Å². The fraction of sp³-hybridized carbons (Fsp3) is 0.833. The molecule has 0 aromatic rings. The highest BCUT2D eigenvalue weighted by Gasteiger charge is 2.08. The molecule has 0 fully saturated rings. The summed E-state index contributed by atoms with van der Waals surface area (Å²) in [5, 5.41) is 8.84. The average molecular weight is 146 g/mol. The van der Waals surface area contributed by atoms with Gasteiger partial charge in [0.25, 0.3) is 0 Å². The molecular weight excluding hydrogens is 132 g/mol. The Balaban J connectivity index is 3.21. The predicted octanol–water partition coefficient (Wildman–Crippen LogP) is -1.04. The van der Waals surface area contributed by atoms with E-state index < -0.39 is 12.0 Å². The van der Waals surface area contributed by atoms with Gasteiger partial charge in [-0.15, -0.1) is 0 Å². The van der Waals surface area contributed by atoms with Gasteiger partial charge in [-0.3, -0.25) is 4.79 Å². The Morgan fingerprint density at radius 1 is 1.50 bits per heavy atom. The van der Waals surface area contributed by atoms with E-state index in [2.05, 4.69) is 0 Å². The van der Waals surface area contributed by atoms with Crippen molar-refractivity contribution in [3.05, 3.63) is 0 Å². The summed E-state index contributed by atoms with van der Waals surface area (Å²) in [5.74, 6) is -0.656. The second-order valence-corrected chi connectivity index (χ2v) is 2.20. The van der Waals surface area contributed by atoms with E-state index in [1.165, 1.54) is 0 Å². The maximum absolute atomic E-state index is 10.2. The number of hydrogen-bond donors (Lipinski definition) is 3. The molecule has 0 aromatic heterocycles. The highest BCUT2D eigenvalue weighted by molar-refractivity contribution is 5.78. The molecule has 5 N–H and O–H groups in total. The molecule has 0 aliphatic carbocycles. The first kappa shape index (κ1) is 9.39. The third-order valence-electron chi connectivity index (χ3n) is 1.26. The van der Waals surface area contributed by atoms with Crippen LogP contribution < -0.4 is 11.5 Å². The fourth-order valence-corrected chi connectivity index (χ4v) is 0.624. The molecule has 0 bridgehead atoms. The molecule has 4 heteroatoms. The van der Waals surface area contributed by atoms with Crippen LogP contribution in [0.25, 0.3) is 0 Å². The highest BCUT2D eigenvalue weighted by Crippen LogP contribution is 1.98. The number of aliphatic hydroxyl groups excluding tert-OH is 1. The summed E-state index contributed by atoms with van der Waals surface area (Å²) in [6.07, 6.45) is 1.00. The zero-order valence-corrected chi connectivity index (χ0v) is 5.92. The molecule has 0 rings (SSSR count). The summed E-state index contributed by atoms with van der Waals surface area (Å²) in [4.78, 5) is 10.2. The van der Waals surface area contributed by atoms with Gasteiger partial charge in [-0.05, 0) is 25.8 Å². The summed E-state index contributed by atoms with van der Waals surface area (Å²) in [7, 11) is 0. The lowest BCUT2D eigenvalue weighted by Crippen LogP contribution is -2.28. The van der Waals surface area contributed by atoms with Gasteiger partial charge in [0.1, 0.15) is 6.10 Å². The molecule has 0 aliphatic rings. The minimum absolute atomic E-state index is 0.423. The summed E-state index contributed by atoms with van der Waals surface area (Å²) < 4.78 is 0. The van der Waals surface area contributed by atoms with Gasteiger partial charge in [-0.25, -0.2) is 0 Å². The first-order valence-electron chi connectivity index (χ1n) is 3.36. The third-order valence-corrected chi connectivity index (χ3v) is 1.26. The maximum atomic E-state index is 10.2. The first-order valence-corrected chi connectivity index (χ1v) is 3.36. The van der Waals surface area contributed by atoms with Crippen LogP contribution in [0.15, 0.2) is 0 Å².